The third kappa shape index (κ3) is 2.61. The Balaban J connectivity index is 2.05. The molecule has 2 heterocycles. The van der Waals surface area contributed by atoms with Gasteiger partial charge in [0.25, 0.3) is 0 Å². The highest BCUT2D eigenvalue weighted by molar-refractivity contribution is 5.04. The molecule has 2 rings (SSSR count). The molecule has 2 atom stereocenters. The van der Waals surface area contributed by atoms with Gasteiger partial charge in [-0.25, -0.2) is 0 Å². The summed E-state index contributed by atoms with van der Waals surface area (Å²) >= 11 is 0. The lowest BCUT2D eigenvalue weighted by Crippen LogP contribution is -2.44. The molecular weight excluding hydrogens is 192 g/mol. The van der Waals surface area contributed by atoms with Gasteiger partial charge in [-0.15, -0.1) is 0 Å². The smallest absolute Gasteiger partial charge is 0.106 e. The summed E-state index contributed by atoms with van der Waals surface area (Å²) in [4.78, 5) is 0. The van der Waals surface area contributed by atoms with Gasteiger partial charge < -0.3 is 14.3 Å². The van der Waals surface area contributed by atoms with Crippen LogP contribution < -0.4 is 0 Å². The van der Waals surface area contributed by atoms with E-state index in [-0.39, 0.29) is 12.2 Å². The van der Waals surface area contributed by atoms with E-state index in [2.05, 4.69) is 0 Å². The van der Waals surface area contributed by atoms with Crippen molar-refractivity contribution in [3.05, 3.63) is 24.2 Å². The van der Waals surface area contributed by atoms with Crippen molar-refractivity contribution < 1.29 is 14.3 Å². The predicted octanol–water partition coefficient (Wildman–Crippen LogP) is 2.14. The molecule has 0 saturated carbocycles. The maximum absolute atomic E-state index is 10.4. The summed E-state index contributed by atoms with van der Waals surface area (Å²) in [6.07, 6.45) is 3.82. The molecule has 1 aliphatic rings. The minimum atomic E-state index is -0.672. The Kier molecular flexibility index (Phi) is 2.85. The Labute approximate surface area is 90.0 Å². The molecule has 1 fully saturated rings. The minimum absolute atomic E-state index is 0.119. The first-order valence-corrected chi connectivity index (χ1v) is 5.48. The van der Waals surface area contributed by atoms with Crippen LogP contribution in [0.3, 0.4) is 0 Å². The van der Waals surface area contributed by atoms with Gasteiger partial charge in [0.1, 0.15) is 5.76 Å². The molecule has 0 aromatic carbocycles. The lowest BCUT2D eigenvalue weighted by molar-refractivity contribution is -0.132. The first-order valence-electron chi connectivity index (χ1n) is 5.48. The predicted molar refractivity (Wildman–Crippen MR) is 56.6 cm³/mol. The standard InChI is InChI=1S/C12H18O3/c1-9-6-12(13,7-10(2)15-9)8-11-4-3-5-14-11/h3-5,9-10,13H,6-8H2,1-2H3. The number of hydrogen-bond donors (Lipinski definition) is 1. The van der Waals surface area contributed by atoms with Crippen molar-refractivity contribution >= 4 is 0 Å². The lowest BCUT2D eigenvalue weighted by atomic mass is 9.84. The normalized spacial score (nSPS) is 36.7. The second-order valence-electron chi connectivity index (χ2n) is 4.65. The summed E-state index contributed by atoms with van der Waals surface area (Å²) in [6.45, 7) is 4.01. The van der Waals surface area contributed by atoms with Gasteiger partial charge in [-0.05, 0) is 26.0 Å². The van der Waals surface area contributed by atoms with Crippen LogP contribution in [-0.4, -0.2) is 22.9 Å². The zero-order valence-electron chi connectivity index (χ0n) is 9.27. The molecule has 1 aromatic heterocycles. The van der Waals surface area contributed by atoms with Crippen LogP contribution in [0.5, 0.6) is 0 Å². The van der Waals surface area contributed by atoms with Gasteiger partial charge in [-0.2, -0.15) is 0 Å². The van der Waals surface area contributed by atoms with Crippen molar-refractivity contribution in [3.8, 4) is 0 Å². The van der Waals surface area contributed by atoms with Gasteiger partial charge in [0.2, 0.25) is 0 Å². The molecule has 3 nitrogen and oxygen atoms in total. The van der Waals surface area contributed by atoms with Crippen molar-refractivity contribution in [1.82, 2.24) is 0 Å². The molecule has 1 aliphatic heterocycles. The highest BCUT2D eigenvalue weighted by atomic mass is 16.5. The van der Waals surface area contributed by atoms with E-state index in [1.807, 2.05) is 26.0 Å². The average molecular weight is 210 g/mol. The first kappa shape index (κ1) is 10.7. The summed E-state index contributed by atoms with van der Waals surface area (Å²) in [5.41, 5.74) is -0.672. The van der Waals surface area contributed by atoms with Crippen LogP contribution in [0.4, 0.5) is 0 Å². The van der Waals surface area contributed by atoms with E-state index in [1.165, 1.54) is 0 Å². The summed E-state index contributed by atoms with van der Waals surface area (Å²) in [5, 5.41) is 10.4. The van der Waals surface area contributed by atoms with Gasteiger partial charge in [0.05, 0.1) is 24.1 Å². The van der Waals surface area contributed by atoms with Crippen LogP contribution in [0.15, 0.2) is 22.8 Å². The molecule has 0 aliphatic carbocycles. The molecule has 0 radical (unpaired) electrons. The number of hydrogen-bond acceptors (Lipinski definition) is 3. The Morgan fingerprint density at radius 1 is 1.40 bits per heavy atom. The van der Waals surface area contributed by atoms with E-state index in [0.29, 0.717) is 19.3 Å². The van der Waals surface area contributed by atoms with Gasteiger partial charge >= 0.3 is 0 Å². The van der Waals surface area contributed by atoms with Crippen molar-refractivity contribution in [2.45, 2.75) is 50.9 Å². The molecule has 84 valence electrons. The third-order valence-electron chi connectivity index (χ3n) is 2.88. The summed E-state index contributed by atoms with van der Waals surface area (Å²) in [5.74, 6) is 0.846. The second kappa shape index (κ2) is 3.99. The second-order valence-corrected chi connectivity index (χ2v) is 4.65. The zero-order valence-corrected chi connectivity index (χ0v) is 9.27. The average Bonchev–Trinajstić information content (AvgIpc) is 2.52. The Hall–Kier alpha value is -0.800. The Bertz CT molecular complexity index is 295. The van der Waals surface area contributed by atoms with Crippen molar-refractivity contribution in [3.63, 3.8) is 0 Å². The molecule has 0 amide bonds. The molecule has 0 bridgehead atoms. The van der Waals surface area contributed by atoms with Gasteiger partial charge in [0, 0.05) is 19.3 Å². The molecule has 1 saturated heterocycles. The maximum atomic E-state index is 10.4. The SMILES string of the molecule is CC1CC(O)(Cc2ccco2)CC(C)O1. The van der Waals surface area contributed by atoms with Gasteiger partial charge in [-0.3, -0.25) is 0 Å². The molecule has 3 heteroatoms. The summed E-state index contributed by atoms with van der Waals surface area (Å²) < 4.78 is 10.9. The van der Waals surface area contributed by atoms with E-state index >= 15 is 0 Å². The molecule has 1 N–H and O–H groups in total. The fraction of sp³-hybridized carbons (Fsp3) is 0.667. The molecule has 1 aromatic rings. The number of ether oxygens (including phenoxy) is 1. The first-order chi connectivity index (χ1) is 7.07. The van der Waals surface area contributed by atoms with Gasteiger partial charge in [-0.1, -0.05) is 0 Å². The van der Waals surface area contributed by atoms with Crippen molar-refractivity contribution in [2.75, 3.05) is 0 Å². The van der Waals surface area contributed by atoms with E-state index in [9.17, 15) is 5.11 Å². The van der Waals surface area contributed by atoms with Crippen LogP contribution in [0.1, 0.15) is 32.4 Å². The van der Waals surface area contributed by atoms with Crippen LogP contribution in [0.25, 0.3) is 0 Å². The minimum Gasteiger partial charge on any atom is -0.469 e. The Morgan fingerprint density at radius 2 is 2.07 bits per heavy atom. The van der Waals surface area contributed by atoms with Crippen molar-refractivity contribution in [2.24, 2.45) is 0 Å². The van der Waals surface area contributed by atoms with Crippen LogP contribution in [0.2, 0.25) is 0 Å². The topological polar surface area (TPSA) is 42.6 Å². The van der Waals surface area contributed by atoms with Crippen LogP contribution in [-0.2, 0) is 11.2 Å². The lowest BCUT2D eigenvalue weighted by Gasteiger charge is -2.38. The third-order valence-corrected chi connectivity index (χ3v) is 2.88. The van der Waals surface area contributed by atoms with E-state index in [1.54, 1.807) is 6.26 Å². The highest BCUT2D eigenvalue weighted by Gasteiger charge is 2.37. The van der Waals surface area contributed by atoms with Crippen LogP contribution >= 0.6 is 0 Å². The van der Waals surface area contributed by atoms with Crippen molar-refractivity contribution in [1.29, 1.82) is 0 Å². The maximum Gasteiger partial charge on any atom is 0.106 e. The quantitative estimate of drug-likeness (QED) is 0.813. The summed E-state index contributed by atoms with van der Waals surface area (Å²) in [7, 11) is 0. The highest BCUT2D eigenvalue weighted by Crippen LogP contribution is 2.31. The van der Waals surface area contributed by atoms with E-state index in [4.69, 9.17) is 9.15 Å². The number of aliphatic hydroxyl groups is 1. The molecule has 15 heavy (non-hydrogen) atoms. The number of furan rings is 1. The monoisotopic (exact) mass is 210 g/mol. The zero-order chi connectivity index (χ0) is 10.9. The van der Waals surface area contributed by atoms with Crippen LogP contribution in [0, 0.1) is 0 Å². The van der Waals surface area contributed by atoms with E-state index in [0.717, 1.165) is 5.76 Å². The molecule has 2 unspecified atom stereocenters. The fourth-order valence-corrected chi connectivity index (χ4v) is 2.53. The van der Waals surface area contributed by atoms with Gasteiger partial charge in [0.15, 0.2) is 0 Å². The molecule has 0 spiro atoms. The Morgan fingerprint density at radius 3 is 2.60 bits per heavy atom. The largest absolute Gasteiger partial charge is 0.469 e. The molecular formula is C12H18O3. The number of rotatable bonds is 2. The summed E-state index contributed by atoms with van der Waals surface area (Å²) in [6, 6.07) is 3.76. The fourth-order valence-electron chi connectivity index (χ4n) is 2.53. The van der Waals surface area contributed by atoms with E-state index < -0.39 is 5.60 Å².